The van der Waals surface area contributed by atoms with Crippen LogP contribution in [-0.2, 0) is 7.05 Å². The topological polar surface area (TPSA) is 81.7 Å². The van der Waals surface area contributed by atoms with Crippen LogP contribution < -0.4 is 11.3 Å². The Bertz CT molecular complexity index is 781. The van der Waals surface area contributed by atoms with Crippen molar-refractivity contribution >= 4 is 42.8 Å². The Hall–Kier alpha value is -1.35. The van der Waals surface area contributed by atoms with E-state index in [4.69, 9.17) is 10.8 Å². The van der Waals surface area contributed by atoms with Gasteiger partial charge in [-0.15, -0.1) is 5.10 Å². The van der Waals surface area contributed by atoms with Crippen LogP contribution >= 0.6 is 31.9 Å². The molecule has 3 N–H and O–H groups in total. The number of nitrogens with two attached hydrogens (primary N) is 1. The lowest BCUT2D eigenvalue weighted by molar-refractivity contribution is 0.558. The van der Waals surface area contributed by atoms with Gasteiger partial charge in [0.05, 0.1) is 16.9 Å². The Kier molecular flexibility index (Phi) is 4.03. The zero-order chi connectivity index (χ0) is 15.0. The fourth-order valence-corrected chi connectivity index (χ4v) is 3.36. The van der Waals surface area contributed by atoms with Crippen molar-refractivity contribution in [1.29, 1.82) is 0 Å². The monoisotopic (exact) mass is 410 g/mol. The number of nitrogens with one attached hydrogen (secondary N) is 1. The quantitative estimate of drug-likeness (QED) is 0.511. The minimum absolute atomic E-state index is 0.335. The standard InChI is InChI=1S/C13H12Br2N6/c1-21-12(13(15)19-20-21)11(18-16)10-8(14)6-7-4-2-3-5-9(7)17-10/h2-6,11,18H,16H2,1H3. The number of hydrogen-bond acceptors (Lipinski definition) is 5. The molecule has 21 heavy (non-hydrogen) atoms. The molecule has 1 unspecified atom stereocenters. The third kappa shape index (κ3) is 2.59. The van der Waals surface area contributed by atoms with E-state index in [9.17, 15) is 0 Å². The fourth-order valence-electron chi connectivity index (χ4n) is 2.24. The van der Waals surface area contributed by atoms with Crippen LogP contribution in [-0.4, -0.2) is 20.0 Å². The molecular weight excluding hydrogens is 400 g/mol. The van der Waals surface area contributed by atoms with E-state index in [-0.39, 0.29) is 6.04 Å². The van der Waals surface area contributed by atoms with Crippen molar-refractivity contribution in [2.45, 2.75) is 6.04 Å². The molecule has 8 heteroatoms. The normalized spacial score (nSPS) is 12.8. The van der Waals surface area contributed by atoms with E-state index in [0.29, 0.717) is 4.60 Å². The van der Waals surface area contributed by atoms with Crippen molar-refractivity contribution in [3.63, 3.8) is 0 Å². The molecule has 108 valence electrons. The first-order valence-electron chi connectivity index (χ1n) is 6.18. The molecule has 1 atom stereocenters. The van der Waals surface area contributed by atoms with Crippen molar-refractivity contribution in [3.05, 3.63) is 50.8 Å². The second kappa shape index (κ2) is 5.80. The predicted octanol–water partition coefficient (Wildman–Crippen LogP) is 2.44. The average Bonchev–Trinajstić information content (AvgIpc) is 2.81. The second-order valence-electron chi connectivity index (χ2n) is 4.54. The Morgan fingerprint density at radius 1 is 1.29 bits per heavy atom. The van der Waals surface area contributed by atoms with Gasteiger partial charge in [-0.2, -0.15) is 0 Å². The van der Waals surface area contributed by atoms with E-state index in [2.05, 4.69) is 47.6 Å². The molecule has 0 aliphatic rings. The number of halogens is 2. The summed E-state index contributed by atoms with van der Waals surface area (Å²) in [4.78, 5) is 4.71. The number of pyridine rings is 1. The third-order valence-corrected chi connectivity index (χ3v) is 4.44. The molecule has 0 amide bonds. The molecule has 6 nitrogen and oxygen atoms in total. The average molecular weight is 412 g/mol. The van der Waals surface area contributed by atoms with Gasteiger partial charge < -0.3 is 0 Å². The maximum Gasteiger partial charge on any atom is 0.153 e. The molecule has 0 saturated carbocycles. The van der Waals surface area contributed by atoms with Gasteiger partial charge in [-0.3, -0.25) is 5.84 Å². The zero-order valence-electron chi connectivity index (χ0n) is 11.1. The molecular formula is C13H12Br2N6. The SMILES string of the molecule is Cn1nnc(Br)c1C(NN)c1nc2ccccc2cc1Br. The third-order valence-electron chi connectivity index (χ3n) is 3.24. The van der Waals surface area contributed by atoms with Crippen LogP contribution in [0.3, 0.4) is 0 Å². The Balaban J connectivity index is 2.19. The van der Waals surface area contributed by atoms with Gasteiger partial charge >= 0.3 is 0 Å². The Morgan fingerprint density at radius 2 is 2.05 bits per heavy atom. The van der Waals surface area contributed by atoms with E-state index < -0.39 is 0 Å². The summed E-state index contributed by atoms with van der Waals surface area (Å²) in [7, 11) is 1.81. The summed E-state index contributed by atoms with van der Waals surface area (Å²) in [6.07, 6.45) is 0. The largest absolute Gasteiger partial charge is 0.270 e. The Labute approximate surface area is 138 Å². The number of benzene rings is 1. The summed E-state index contributed by atoms with van der Waals surface area (Å²) in [6, 6.07) is 9.62. The lowest BCUT2D eigenvalue weighted by Gasteiger charge is -2.17. The number of rotatable bonds is 3. The molecule has 0 aliphatic carbocycles. The number of para-hydroxylation sites is 1. The van der Waals surface area contributed by atoms with Crippen molar-refractivity contribution in [3.8, 4) is 0 Å². The molecule has 3 rings (SSSR count). The van der Waals surface area contributed by atoms with Gasteiger partial charge in [-0.05, 0) is 44.0 Å². The highest BCUT2D eigenvalue weighted by Crippen LogP contribution is 2.31. The molecule has 0 radical (unpaired) electrons. The summed E-state index contributed by atoms with van der Waals surface area (Å²) >= 11 is 6.97. The lowest BCUT2D eigenvalue weighted by atomic mass is 10.1. The number of hydrogen-bond donors (Lipinski definition) is 2. The van der Waals surface area contributed by atoms with Gasteiger partial charge in [0, 0.05) is 16.9 Å². The van der Waals surface area contributed by atoms with Crippen molar-refractivity contribution in [2.24, 2.45) is 12.9 Å². The second-order valence-corrected chi connectivity index (χ2v) is 6.14. The highest BCUT2D eigenvalue weighted by molar-refractivity contribution is 9.10. The van der Waals surface area contributed by atoms with E-state index in [1.54, 1.807) is 4.68 Å². The summed E-state index contributed by atoms with van der Waals surface area (Å²) in [5, 5.41) is 9.04. The molecule has 3 aromatic rings. The molecule has 0 bridgehead atoms. The van der Waals surface area contributed by atoms with Crippen LogP contribution in [0.4, 0.5) is 0 Å². The molecule has 0 aliphatic heterocycles. The van der Waals surface area contributed by atoms with Gasteiger partial charge in [0.1, 0.15) is 6.04 Å². The fraction of sp³-hybridized carbons (Fsp3) is 0.154. The molecule has 0 fully saturated rings. The predicted molar refractivity (Wildman–Crippen MR) is 87.3 cm³/mol. The summed E-state index contributed by atoms with van der Waals surface area (Å²) < 4.78 is 3.17. The van der Waals surface area contributed by atoms with Gasteiger partial charge in [0.15, 0.2) is 4.60 Å². The van der Waals surface area contributed by atoms with Crippen LogP contribution in [0.25, 0.3) is 10.9 Å². The van der Waals surface area contributed by atoms with Crippen LogP contribution in [0, 0.1) is 0 Å². The number of fused-ring (bicyclic) bond motifs is 1. The maximum atomic E-state index is 5.75. The number of aromatic nitrogens is 4. The zero-order valence-corrected chi connectivity index (χ0v) is 14.3. The summed E-state index contributed by atoms with van der Waals surface area (Å²) in [5.41, 5.74) is 5.28. The van der Waals surface area contributed by atoms with E-state index >= 15 is 0 Å². The molecule has 1 aromatic carbocycles. The van der Waals surface area contributed by atoms with E-state index in [0.717, 1.165) is 26.8 Å². The highest BCUT2D eigenvalue weighted by Gasteiger charge is 2.24. The Morgan fingerprint density at radius 3 is 2.71 bits per heavy atom. The maximum absolute atomic E-state index is 5.75. The number of nitrogens with zero attached hydrogens (tertiary/aromatic N) is 4. The van der Waals surface area contributed by atoms with Gasteiger partial charge in [-0.25, -0.2) is 15.1 Å². The molecule has 0 saturated heterocycles. The van der Waals surface area contributed by atoms with Crippen molar-refractivity contribution in [1.82, 2.24) is 25.4 Å². The van der Waals surface area contributed by atoms with E-state index in [1.807, 2.05) is 37.4 Å². The van der Waals surface area contributed by atoms with Crippen LogP contribution in [0.15, 0.2) is 39.4 Å². The molecule has 2 aromatic heterocycles. The minimum Gasteiger partial charge on any atom is -0.270 e. The van der Waals surface area contributed by atoms with E-state index in [1.165, 1.54) is 0 Å². The van der Waals surface area contributed by atoms with Crippen LogP contribution in [0.2, 0.25) is 0 Å². The summed E-state index contributed by atoms with van der Waals surface area (Å²) in [6.45, 7) is 0. The van der Waals surface area contributed by atoms with Crippen LogP contribution in [0.1, 0.15) is 17.4 Å². The van der Waals surface area contributed by atoms with Crippen molar-refractivity contribution < 1.29 is 0 Å². The lowest BCUT2D eigenvalue weighted by Crippen LogP contribution is -2.31. The summed E-state index contributed by atoms with van der Waals surface area (Å²) in [5.74, 6) is 5.75. The first-order chi connectivity index (χ1) is 10.1. The smallest absolute Gasteiger partial charge is 0.153 e. The van der Waals surface area contributed by atoms with Gasteiger partial charge in [-0.1, -0.05) is 23.4 Å². The number of hydrazine groups is 1. The molecule has 2 heterocycles. The molecule has 0 spiro atoms. The first kappa shape index (κ1) is 14.6. The number of aryl methyl sites for hydroxylation is 1. The van der Waals surface area contributed by atoms with Crippen molar-refractivity contribution in [2.75, 3.05) is 0 Å². The minimum atomic E-state index is -0.335. The van der Waals surface area contributed by atoms with Crippen LogP contribution in [0.5, 0.6) is 0 Å². The van der Waals surface area contributed by atoms with Gasteiger partial charge in [0.25, 0.3) is 0 Å². The first-order valence-corrected chi connectivity index (χ1v) is 7.77. The highest BCUT2D eigenvalue weighted by atomic mass is 79.9. The van der Waals surface area contributed by atoms with Gasteiger partial charge in [0.2, 0.25) is 0 Å².